The molecule has 110 valence electrons. The summed E-state index contributed by atoms with van der Waals surface area (Å²) in [5, 5.41) is 0. The van der Waals surface area contributed by atoms with E-state index in [1.807, 2.05) is 48.5 Å². The summed E-state index contributed by atoms with van der Waals surface area (Å²) >= 11 is 0. The first-order valence-corrected chi connectivity index (χ1v) is 7.33. The van der Waals surface area contributed by atoms with Crippen LogP contribution in [-0.4, -0.2) is 19.6 Å². The molecule has 1 heterocycles. The first kappa shape index (κ1) is 14.2. The van der Waals surface area contributed by atoms with Gasteiger partial charge in [0, 0.05) is 23.7 Å². The molecule has 1 aliphatic heterocycles. The maximum Gasteiger partial charge on any atom is 0.303 e. The number of fused-ring (bicyclic) bond motifs is 1. The van der Waals surface area contributed by atoms with Crippen molar-refractivity contribution in [1.82, 2.24) is 0 Å². The van der Waals surface area contributed by atoms with Crippen LogP contribution in [0, 0.1) is 11.8 Å². The average Bonchev–Trinajstić information content (AvgIpc) is 2.59. The Morgan fingerprint density at radius 3 is 2.77 bits per heavy atom. The van der Waals surface area contributed by atoms with E-state index >= 15 is 0 Å². The van der Waals surface area contributed by atoms with E-state index in [9.17, 15) is 4.79 Å². The SMILES string of the molecule is COc1ccc2c(c1)CCCN2C(=O)C#Cc1ccccc1. The minimum atomic E-state index is -0.157. The van der Waals surface area contributed by atoms with Gasteiger partial charge in [0.05, 0.1) is 7.11 Å². The molecule has 0 aliphatic carbocycles. The van der Waals surface area contributed by atoms with Crippen LogP contribution in [0.25, 0.3) is 0 Å². The molecule has 0 atom stereocenters. The first-order valence-electron chi connectivity index (χ1n) is 7.33. The Bertz CT molecular complexity index is 741. The number of hydrogen-bond donors (Lipinski definition) is 0. The lowest BCUT2D eigenvalue weighted by molar-refractivity contribution is -0.113. The largest absolute Gasteiger partial charge is 0.497 e. The molecule has 1 aliphatic rings. The quantitative estimate of drug-likeness (QED) is 0.756. The summed E-state index contributed by atoms with van der Waals surface area (Å²) in [7, 11) is 1.65. The Balaban J connectivity index is 1.85. The second-order valence-electron chi connectivity index (χ2n) is 5.17. The normalized spacial score (nSPS) is 12.9. The molecular formula is C19H17NO2. The smallest absolute Gasteiger partial charge is 0.303 e. The maximum absolute atomic E-state index is 12.4. The average molecular weight is 291 g/mol. The number of amides is 1. The molecule has 0 aromatic heterocycles. The number of rotatable bonds is 1. The molecule has 3 rings (SSSR count). The molecule has 1 amide bonds. The summed E-state index contributed by atoms with van der Waals surface area (Å²) in [6.45, 7) is 0.710. The van der Waals surface area contributed by atoms with Crippen LogP contribution in [0.3, 0.4) is 0 Å². The zero-order valence-corrected chi connectivity index (χ0v) is 12.5. The third-order valence-electron chi connectivity index (χ3n) is 3.74. The van der Waals surface area contributed by atoms with Crippen LogP contribution in [-0.2, 0) is 11.2 Å². The molecule has 0 radical (unpaired) electrons. The number of hydrogen-bond acceptors (Lipinski definition) is 2. The van der Waals surface area contributed by atoms with Crippen LogP contribution < -0.4 is 9.64 Å². The molecule has 0 saturated carbocycles. The zero-order chi connectivity index (χ0) is 15.4. The van der Waals surface area contributed by atoms with Crippen LogP contribution in [0.2, 0.25) is 0 Å². The summed E-state index contributed by atoms with van der Waals surface area (Å²) in [4.78, 5) is 14.2. The Kier molecular flexibility index (Phi) is 4.11. The van der Waals surface area contributed by atoms with Crippen LogP contribution in [0.1, 0.15) is 17.5 Å². The lowest BCUT2D eigenvalue weighted by atomic mass is 10.0. The highest BCUT2D eigenvalue weighted by Gasteiger charge is 2.21. The number of methoxy groups -OCH3 is 1. The van der Waals surface area contributed by atoms with Gasteiger partial charge in [-0.3, -0.25) is 4.79 Å². The number of carbonyl (C=O) groups excluding carboxylic acids is 1. The second-order valence-corrected chi connectivity index (χ2v) is 5.17. The molecule has 0 spiro atoms. The topological polar surface area (TPSA) is 29.5 Å². The van der Waals surface area contributed by atoms with Gasteiger partial charge in [-0.15, -0.1) is 0 Å². The first-order chi connectivity index (χ1) is 10.8. The summed E-state index contributed by atoms with van der Waals surface area (Å²) in [6, 6.07) is 15.4. The third-order valence-corrected chi connectivity index (χ3v) is 3.74. The molecule has 3 nitrogen and oxygen atoms in total. The fourth-order valence-corrected chi connectivity index (χ4v) is 2.63. The van der Waals surface area contributed by atoms with Gasteiger partial charge in [0.25, 0.3) is 0 Å². The Labute approximate surface area is 130 Å². The van der Waals surface area contributed by atoms with Gasteiger partial charge in [-0.05, 0) is 48.7 Å². The van der Waals surface area contributed by atoms with E-state index in [-0.39, 0.29) is 5.91 Å². The van der Waals surface area contributed by atoms with Crippen molar-refractivity contribution >= 4 is 11.6 Å². The Morgan fingerprint density at radius 1 is 1.18 bits per heavy atom. The Hall–Kier alpha value is -2.73. The lowest BCUT2D eigenvalue weighted by Gasteiger charge is -2.28. The molecule has 0 unspecified atom stereocenters. The van der Waals surface area contributed by atoms with Crippen molar-refractivity contribution in [2.75, 3.05) is 18.6 Å². The van der Waals surface area contributed by atoms with Gasteiger partial charge in [0.1, 0.15) is 5.75 Å². The Morgan fingerprint density at radius 2 is 2.00 bits per heavy atom. The molecule has 0 N–H and O–H groups in total. The maximum atomic E-state index is 12.4. The van der Waals surface area contributed by atoms with E-state index < -0.39 is 0 Å². The van der Waals surface area contributed by atoms with Gasteiger partial charge in [-0.1, -0.05) is 24.1 Å². The van der Waals surface area contributed by atoms with E-state index in [0.717, 1.165) is 35.4 Å². The number of ether oxygens (including phenoxy) is 1. The highest BCUT2D eigenvalue weighted by Crippen LogP contribution is 2.30. The van der Waals surface area contributed by atoms with E-state index in [1.165, 1.54) is 0 Å². The predicted octanol–water partition coefficient (Wildman–Crippen LogP) is 3.03. The van der Waals surface area contributed by atoms with Gasteiger partial charge in [-0.2, -0.15) is 0 Å². The van der Waals surface area contributed by atoms with E-state index in [4.69, 9.17) is 4.74 Å². The lowest BCUT2D eigenvalue weighted by Crippen LogP contribution is -2.34. The van der Waals surface area contributed by atoms with Crippen molar-refractivity contribution in [2.45, 2.75) is 12.8 Å². The zero-order valence-electron chi connectivity index (χ0n) is 12.5. The van der Waals surface area contributed by atoms with Gasteiger partial charge in [0.15, 0.2) is 0 Å². The van der Waals surface area contributed by atoms with Gasteiger partial charge in [0.2, 0.25) is 0 Å². The van der Waals surface area contributed by atoms with Gasteiger partial charge in [-0.25, -0.2) is 0 Å². The molecule has 0 saturated heterocycles. The van der Waals surface area contributed by atoms with Gasteiger partial charge < -0.3 is 9.64 Å². The highest BCUT2D eigenvalue weighted by molar-refractivity contribution is 6.06. The van der Waals surface area contributed by atoms with Crippen molar-refractivity contribution < 1.29 is 9.53 Å². The number of anilines is 1. The monoisotopic (exact) mass is 291 g/mol. The van der Waals surface area contributed by atoms with Crippen molar-refractivity contribution in [3.8, 4) is 17.6 Å². The third kappa shape index (κ3) is 2.96. The van der Waals surface area contributed by atoms with E-state index in [0.29, 0.717) is 6.54 Å². The minimum Gasteiger partial charge on any atom is -0.497 e. The van der Waals surface area contributed by atoms with Crippen molar-refractivity contribution in [3.63, 3.8) is 0 Å². The predicted molar refractivity (Wildman–Crippen MR) is 87.0 cm³/mol. The molecule has 22 heavy (non-hydrogen) atoms. The molecule has 2 aromatic carbocycles. The fraction of sp³-hybridized carbons (Fsp3) is 0.211. The second kappa shape index (κ2) is 6.36. The minimum absolute atomic E-state index is 0.157. The number of benzene rings is 2. The van der Waals surface area contributed by atoms with Crippen LogP contribution >= 0.6 is 0 Å². The molecule has 3 heteroatoms. The fourth-order valence-electron chi connectivity index (χ4n) is 2.63. The van der Waals surface area contributed by atoms with Crippen LogP contribution in [0.5, 0.6) is 5.75 Å². The summed E-state index contributed by atoms with van der Waals surface area (Å²) in [6.07, 6.45) is 1.90. The van der Waals surface area contributed by atoms with Crippen molar-refractivity contribution in [1.29, 1.82) is 0 Å². The van der Waals surface area contributed by atoms with Crippen molar-refractivity contribution in [3.05, 3.63) is 59.7 Å². The number of nitrogens with zero attached hydrogens (tertiary/aromatic N) is 1. The number of aryl methyl sites for hydroxylation is 1. The molecular weight excluding hydrogens is 274 g/mol. The van der Waals surface area contributed by atoms with Gasteiger partial charge >= 0.3 is 5.91 Å². The molecule has 2 aromatic rings. The standard InChI is InChI=1S/C19H17NO2/c1-22-17-10-11-18-16(14-17)8-5-13-20(18)19(21)12-9-15-6-3-2-4-7-15/h2-4,6-7,10-11,14H,5,8,13H2,1H3. The van der Waals surface area contributed by atoms with Crippen LogP contribution in [0.4, 0.5) is 5.69 Å². The summed E-state index contributed by atoms with van der Waals surface area (Å²) in [5.74, 6) is 6.34. The van der Waals surface area contributed by atoms with Crippen LogP contribution in [0.15, 0.2) is 48.5 Å². The van der Waals surface area contributed by atoms with Crippen molar-refractivity contribution in [2.24, 2.45) is 0 Å². The van der Waals surface area contributed by atoms with E-state index in [1.54, 1.807) is 12.0 Å². The number of carbonyl (C=O) groups is 1. The van der Waals surface area contributed by atoms with E-state index in [2.05, 4.69) is 11.8 Å². The summed E-state index contributed by atoms with van der Waals surface area (Å²) < 4.78 is 5.25. The molecule has 0 fully saturated rings. The highest BCUT2D eigenvalue weighted by atomic mass is 16.5. The molecule has 0 bridgehead atoms. The summed E-state index contributed by atoms with van der Waals surface area (Å²) in [5.41, 5.74) is 2.93.